The molecule has 2 N–H and O–H groups in total. The van der Waals surface area contributed by atoms with Crippen LogP contribution in [0.2, 0.25) is 0 Å². The van der Waals surface area contributed by atoms with E-state index in [4.69, 9.17) is 10.7 Å². The molecule has 1 aromatic heterocycles. The maximum atomic E-state index is 11.7. The lowest BCUT2D eigenvalue weighted by atomic mass is 10.1. The predicted molar refractivity (Wildman–Crippen MR) is 62.9 cm³/mol. The van der Waals surface area contributed by atoms with Crippen molar-refractivity contribution in [3.63, 3.8) is 0 Å². The van der Waals surface area contributed by atoms with E-state index in [2.05, 4.69) is 9.97 Å². The SMILES string of the molecule is N#Cc1[nH]c(=O)c(-c2ccccc2)nc1C=N. The summed E-state index contributed by atoms with van der Waals surface area (Å²) in [6.45, 7) is 0. The van der Waals surface area contributed by atoms with Gasteiger partial charge in [-0.2, -0.15) is 5.26 Å². The summed E-state index contributed by atoms with van der Waals surface area (Å²) in [5.74, 6) is 0. The van der Waals surface area contributed by atoms with Gasteiger partial charge in [0.25, 0.3) is 5.56 Å². The molecule has 82 valence electrons. The summed E-state index contributed by atoms with van der Waals surface area (Å²) in [6, 6.07) is 10.7. The molecular formula is C12H8N4O. The Balaban J connectivity index is 2.69. The molecule has 0 fully saturated rings. The van der Waals surface area contributed by atoms with Gasteiger partial charge < -0.3 is 10.4 Å². The van der Waals surface area contributed by atoms with Gasteiger partial charge in [0.2, 0.25) is 0 Å². The van der Waals surface area contributed by atoms with Crippen molar-refractivity contribution in [3.05, 3.63) is 52.1 Å². The Hall–Kier alpha value is -2.74. The van der Waals surface area contributed by atoms with Crippen molar-refractivity contribution in [2.24, 2.45) is 0 Å². The monoisotopic (exact) mass is 224 g/mol. The zero-order valence-corrected chi connectivity index (χ0v) is 8.77. The van der Waals surface area contributed by atoms with Gasteiger partial charge in [-0.1, -0.05) is 30.3 Å². The van der Waals surface area contributed by atoms with Crippen molar-refractivity contribution in [2.45, 2.75) is 0 Å². The standard InChI is InChI=1S/C12H8N4O/c13-6-9-10(7-14)16-12(17)11(15-9)8-4-2-1-3-5-8/h1-6,13H,(H,16,17). The topological polar surface area (TPSA) is 93.4 Å². The lowest BCUT2D eigenvalue weighted by Crippen LogP contribution is -2.15. The first-order valence-electron chi connectivity index (χ1n) is 4.86. The van der Waals surface area contributed by atoms with Crippen molar-refractivity contribution in [2.75, 3.05) is 0 Å². The summed E-state index contributed by atoms with van der Waals surface area (Å²) < 4.78 is 0. The van der Waals surface area contributed by atoms with E-state index in [0.717, 1.165) is 6.21 Å². The van der Waals surface area contributed by atoms with Gasteiger partial charge in [0.05, 0.1) is 0 Å². The number of nitriles is 1. The predicted octanol–water partition coefficient (Wildman–Crippen LogP) is 1.31. The molecular weight excluding hydrogens is 216 g/mol. The van der Waals surface area contributed by atoms with E-state index >= 15 is 0 Å². The fourth-order valence-corrected chi connectivity index (χ4v) is 1.45. The molecule has 0 atom stereocenters. The average Bonchev–Trinajstić information content (AvgIpc) is 2.39. The highest BCUT2D eigenvalue weighted by Crippen LogP contribution is 2.12. The first kappa shape index (κ1) is 10.8. The Labute approximate surface area is 96.9 Å². The van der Waals surface area contributed by atoms with E-state index in [1.807, 2.05) is 6.07 Å². The highest BCUT2D eigenvalue weighted by Gasteiger charge is 2.09. The lowest BCUT2D eigenvalue weighted by molar-refractivity contribution is 1.10. The maximum absolute atomic E-state index is 11.7. The van der Waals surface area contributed by atoms with Gasteiger partial charge in [-0.15, -0.1) is 0 Å². The number of aromatic amines is 1. The fourth-order valence-electron chi connectivity index (χ4n) is 1.45. The van der Waals surface area contributed by atoms with E-state index in [1.54, 1.807) is 30.3 Å². The minimum absolute atomic E-state index is 0.00433. The summed E-state index contributed by atoms with van der Waals surface area (Å²) in [5, 5.41) is 15.9. The van der Waals surface area contributed by atoms with Crippen LogP contribution in [0.5, 0.6) is 0 Å². The van der Waals surface area contributed by atoms with Crippen molar-refractivity contribution in [1.29, 1.82) is 10.7 Å². The van der Waals surface area contributed by atoms with Gasteiger partial charge >= 0.3 is 0 Å². The molecule has 1 heterocycles. The zero-order chi connectivity index (χ0) is 12.3. The molecule has 0 amide bonds. The third-order valence-corrected chi connectivity index (χ3v) is 2.24. The van der Waals surface area contributed by atoms with Gasteiger partial charge in [-0.3, -0.25) is 4.79 Å². The summed E-state index contributed by atoms with van der Waals surface area (Å²) in [6.07, 6.45) is 0.945. The maximum Gasteiger partial charge on any atom is 0.275 e. The summed E-state index contributed by atoms with van der Waals surface area (Å²) in [5.41, 5.74) is 0.596. The molecule has 0 bridgehead atoms. The first-order chi connectivity index (χ1) is 8.26. The minimum Gasteiger partial charge on any atom is -0.310 e. The highest BCUT2D eigenvalue weighted by atomic mass is 16.1. The second kappa shape index (κ2) is 4.41. The number of benzene rings is 1. The molecule has 0 saturated heterocycles. The molecule has 0 aliphatic carbocycles. The Kier molecular flexibility index (Phi) is 2.79. The van der Waals surface area contributed by atoms with E-state index < -0.39 is 5.56 Å². The van der Waals surface area contributed by atoms with Crippen molar-refractivity contribution >= 4 is 6.21 Å². The normalized spacial score (nSPS) is 9.59. The molecule has 0 unspecified atom stereocenters. The van der Waals surface area contributed by atoms with E-state index in [-0.39, 0.29) is 17.1 Å². The van der Waals surface area contributed by atoms with Crippen LogP contribution in [-0.4, -0.2) is 16.2 Å². The molecule has 0 aliphatic heterocycles. The van der Waals surface area contributed by atoms with Gasteiger partial charge in [0.15, 0.2) is 0 Å². The fraction of sp³-hybridized carbons (Fsp3) is 0. The molecule has 0 radical (unpaired) electrons. The number of nitrogens with one attached hydrogen (secondary N) is 2. The molecule has 5 nitrogen and oxygen atoms in total. The lowest BCUT2D eigenvalue weighted by Gasteiger charge is -2.02. The average molecular weight is 224 g/mol. The van der Waals surface area contributed by atoms with Crippen LogP contribution >= 0.6 is 0 Å². The van der Waals surface area contributed by atoms with Crippen LogP contribution in [0.25, 0.3) is 11.3 Å². The van der Waals surface area contributed by atoms with Crippen LogP contribution in [0.15, 0.2) is 35.1 Å². The number of hydrogen-bond donors (Lipinski definition) is 2. The molecule has 0 spiro atoms. The Morgan fingerprint density at radius 1 is 1.35 bits per heavy atom. The largest absolute Gasteiger partial charge is 0.310 e. The van der Waals surface area contributed by atoms with Crippen molar-refractivity contribution in [1.82, 2.24) is 9.97 Å². The number of hydrogen-bond acceptors (Lipinski definition) is 4. The third kappa shape index (κ3) is 1.96. The second-order valence-corrected chi connectivity index (χ2v) is 3.30. The van der Waals surface area contributed by atoms with E-state index in [9.17, 15) is 4.79 Å². The van der Waals surface area contributed by atoms with Crippen LogP contribution < -0.4 is 5.56 Å². The summed E-state index contributed by atoms with van der Waals surface area (Å²) in [7, 11) is 0. The van der Waals surface area contributed by atoms with Gasteiger partial charge in [0.1, 0.15) is 23.2 Å². The smallest absolute Gasteiger partial charge is 0.275 e. The minimum atomic E-state index is -0.432. The van der Waals surface area contributed by atoms with Gasteiger partial charge in [0, 0.05) is 11.8 Å². The van der Waals surface area contributed by atoms with E-state index in [0.29, 0.717) is 5.56 Å². The summed E-state index contributed by atoms with van der Waals surface area (Å²) in [4.78, 5) is 18.2. The van der Waals surface area contributed by atoms with Crippen LogP contribution in [-0.2, 0) is 0 Å². The Morgan fingerprint density at radius 2 is 2.06 bits per heavy atom. The molecule has 17 heavy (non-hydrogen) atoms. The number of H-pyrrole nitrogens is 1. The van der Waals surface area contributed by atoms with E-state index in [1.165, 1.54) is 0 Å². The first-order valence-corrected chi connectivity index (χ1v) is 4.86. The van der Waals surface area contributed by atoms with Crippen LogP contribution in [0, 0.1) is 16.7 Å². The quantitative estimate of drug-likeness (QED) is 0.753. The van der Waals surface area contributed by atoms with Crippen LogP contribution in [0.4, 0.5) is 0 Å². The Bertz CT molecular complexity index is 652. The second-order valence-electron chi connectivity index (χ2n) is 3.30. The van der Waals surface area contributed by atoms with Gasteiger partial charge in [-0.25, -0.2) is 4.98 Å². The molecule has 0 saturated carbocycles. The van der Waals surface area contributed by atoms with Crippen molar-refractivity contribution in [3.8, 4) is 17.3 Å². The molecule has 5 heteroatoms. The molecule has 2 rings (SSSR count). The third-order valence-electron chi connectivity index (χ3n) is 2.24. The Morgan fingerprint density at radius 3 is 2.65 bits per heavy atom. The summed E-state index contributed by atoms with van der Waals surface area (Å²) >= 11 is 0. The number of nitrogens with zero attached hydrogens (tertiary/aromatic N) is 2. The van der Waals surface area contributed by atoms with Gasteiger partial charge in [-0.05, 0) is 0 Å². The molecule has 1 aromatic carbocycles. The van der Waals surface area contributed by atoms with Crippen LogP contribution in [0.1, 0.15) is 11.4 Å². The number of rotatable bonds is 2. The zero-order valence-electron chi connectivity index (χ0n) is 8.77. The van der Waals surface area contributed by atoms with Crippen molar-refractivity contribution < 1.29 is 0 Å². The highest BCUT2D eigenvalue weighted by molar-refractivity contribution is 5.78. The number of aromatic nitrogens is 2. The molecule has 0 aliphatic rings. The van der Waals surface area contributed by atoms with Crippen LogP contribution in [0.3, 0.4) is 0 Å². The molecule has 2 aromatic rings.